The molecule has 0 fully saturated rings. The Morgan fingerprint density at radius 3 is 1.64 bits per heavy atom. The van der Waals surface area contributed by atoms with Gasteiger partial charge in [0.2, 0.25) is 6.10 Å². The fourth-order valence-electron chi connectivity index (χ4n) is 2.14. The van der Waals surface area contributed by atoms with Crippen molar-refractivity contribution in [3.8, 4) is 0 Å². The molecule has 0 saturated carbocycles. The van der Waals surface area contributed by atoms with E-state index in [-0.39, 0.29) is 11.1 Å². The average molecular weight is 386 g/mol. The maximum Gasteiger partial charge on any atom is 0.358 e. The highest BCUT2D eigenvalue weighted by molar-refractivity contribution is 6.00. The molecule has 28 heavy (non-hydrogen) atoms. The topological polar surface area (TPSA) is 127 Å². The van der Waals surface area contributed by atoms with E-state index < -0.39 is 36.1 Å². The standard InChI is InChI=1S/C20H18O8/c1-11-3-7-13(8-4-11)18(24)27-16(15(21)17(22)23)20(26)28-19(25)14-9-5-12(2)6-10-14/h3-10,15-16,21H,1-2H3,(H,22,23). The first-order chi connectivity index (χ1) is 13.2. The van der Waals surface area contributed by atoms with Gasteiger partial charge in [-0.2, -0.15) is 0 Å². The summed E-state index contributed by atoms with van der Waals surface area (Å²) in [5, 5.41) is 18.7. The zero-order valence-corrected chi connectivity index (χ0v) is 15.1. The minimum absolute atomic E-state index is 0.0332. The smallest absolute Gasteiger partial charge is 0.358 e. The Hall–Kier alpha value is -3.52. The van der Waals surface area contributed by atoms with Gasteiger partial charge in [0.15, 0.2) is 6.10 Å². The number of aryl methyl sites for hydroxylation is 2. The summed E-state index contributed by atoms with van der Waals surface area (Å²) in [6.07, 6.45) is -4.63. The molecule has 0 heterocycles. The molecule has 2 rings (SSSR count). The molecule has 8 nitrogen and oxygen atoms in total. The van der Waals surface area contributed by atoms with Crippen LogP contribution in [-0.4, -0.2) is 46.3 Å². The van der Waals surface area contributed by atoms with E-state index in [9.17, 15) is 24.3 Å². The number of carbonyl (C=O) groups is 4. The molecular formula is C20H18O8. The van der Waals surface area contributed by atoms with Gasteiger partial charge in [0.1, 0.15) is 0 Å². The fourth-order valence-corrected chi connectivity index (χ4v) is 2.14. The maximum atomic E-state index is 12.2. The molecule has 0 amide bonds. The van der Waals surface area contributed by atoms with Crippen molar-refractivity contribution < 1.29 is 38.9 Å². The molecule has 0 aliphatic rings. The number of esters is 3. The number of carboxylic acid groups (broad SMARTS) is 1. The predicted molar refractivity (Wildman–Crippen MR) is 95.6 cm³/mol. The van der Waals surface area contributed by atoms with Crippen LogP contribution >= 0.6 is 0 Å². The van der Waals surface area contributed by atoms with Crippen molar-refractivity contribution in [2.45, 2.75) is 26.1 Å². The van der Waals surface area contributed by atoms with Gasteiger partial charge < -0.3 is 19.7 Å². The molecule has 0 bridgehead atoms. The average Bonchev–Trinajstić information content (AvgIpc) is 2.66. The summed E-state index contributed by atoms with van der Waals surface area (Å²) in [7, 11) is 0. The molecule has 0 aliphatic carbocycles. The molecule has 0 saturated heterocycles. The molecule has 2 N–H and O–H groups in total. The van der Waals surface area contributed by atoms with E-state index in [2.05, 4.69) is 4.74 Å². The number of aliphatic carboxylic acids is 1. The second kappa shape index (κ2) is 8.92. The van der Waals surface area contributed by atoms with Crippen LogP contribution in [0.5, 0.6) is 0 Å². The zero-order chi connectivity index (χ0) is 20.8. The molecule has 2 aromatic carbocycles. The first-order valence-corrected chi connectivity index (χ1v) is 8.20. The number of ether oxygens (including phenoxy) is 2. The fraction of sp³-hybridized carbons (Fsp3) is 0.200. The van der Waals surface area contributed by atoms with E-state index in [4.69, 9.17) is 9.84 Å². The molecule has 2 aromatic rings. The Bertz CT molecular complexity index is 883. The minimum atomic E-state index is -2.41. The lowest BCUT2D eigenvalue weighted by atomic mass is 10.1. The number of carboxylic acids is 1. The van der Waals surface area contributed by atoms with Crippen LogP contribution in [0.15, 0.2) is 48.5 Å². The van der Waals surface area contributed by atoms with Crippen LogP contribution < -0.4 is 0 Å². The van der Waals surface area contributed by atoms with Gasteiger partial charge in [-0.25, -0.2) is 19.2 Å². The first kappa shape index (κ1) is 20.8. The Morgan fingerprint density at radius 2 is 1.21 bits per heavy atom. The van der Waals surface area contributed by atoms with Crippen LogP contribution in [0.4, 0.5) is 0 Å². The zero-order valence-electron chi connectivity index (χ0n) is 15.1. The van der Waals surface area contributed by atoms with E-state index in [1.54, 1.807) is 38.1 Å². The summed E-state index contributed by atoms with van der Waals surface area (Å²) in [4.78, 5) is 47.5. The van der Waals surface area contributed by atoms with Gasteiger partial charge in [-0.15, -0.1) is 0 Å². The normalized spacial score (nSPS) is 12.5. The second-order valence-electron chi connectivity index (χ2n) is 6.05. The summed E-state index contributed by atoms with van der Waals surface area (Å²) >= 11 is 0. The largest absolute Gasteiger partial charge is 0.479 e. The third-order valence-corrected chi connectivity index (χ3v) is 3.77. The monoisotopic (exact) mass is 386 g/mol. The summed E-state index contributed by atoms with van der Waals surface area (Å²) in [5.41, 5.74) is 1.80. The van der Waals surface area contributed by atoms with Gasteiger partial charge in [-0.1, -0.05) is 35.4 Å². The lowest BCUT2D eigenvalue weighted by molar-refractivity contribution is -0.166. The number of hydrogen-bond acceptors (Lipinski definition) is 7. The van der Waals surface area contributed by atoms with Gasteiger partial charge in [-0.05, 0) is 38.1 Å². The van der Waals surface area contributed by atoms with Crippen molar-refractivity contribution in [2.24, 2.45) is 0 Å². The van der Waals surface area contributed by atoms with E-state index in [1.165, 1.54) is 24.3 Å². The number of rotatable bonds is 6. The molecule has 0 aliphatic heterocycles. The summed E-state index contributed by atoms with van der Waals surface area (Å²) in [5.74, 6) is -5.44. The minimum Gasteiger partial charge on any atom is -0.479 e. The maximum absolute atomic E-state index is 12.2. The SMILES string of the molecule is Cc1ccc(C(=O)OC(=O)C(OC(=O)c2ccc(C)cc2)C(O)C(=O)O)cc1. The number of benzene rings is 2. The number of carbonyl (C=O) groups excluding carboxylic acids is 3. The summed E-state index contributed by atoms with van der Waals surface area (Å²) in [6.45, 7) is 3.59. The Kier molecular flexibility index (Phi) is 6.62. The molecular weight excluding hydrogens is 368 g/mol. The Morgan fingerprint density at radius 1 is 0.786 bits per heavy atom. The summed E-state index contributed by atoms with van der Waals surface area (Å²) < 4.78 is 9.41. The van der Waals surface area contributed by atoms with Gasteiger partial charge in [-0.3, -0.25) is 0 Å². The van der Waals surface area contributed by atoms with Crippen molar-refractivity contribution >= 4 is 23.9 Å². The first-order valence-electron chi connectivity index (χ1n) is 8.20. The lowest BCUT2D eigenvalue weighted by Crippen LogP contribution is -2.44. The van der Waals surface area contributed by atoms with Crippen LogP contribution in [0.1, 0.15) is 31.8 Å². The molecule has 2 atom stereocenters. The van der Waals surface area contributed by atoms with Crippen LogP contribution in [0.2, 0.25) is 0 Å². The highest BCUT2D eigenvalue weighted by Crippen LogP contribution is 2.12. The van der Waals surface area contributed by atoms with E-state index in [0.717, 1.165) is 11.1 Å². The highest BCUT2D eigenvalue weighted by Gasteiger charge is 2.38. The molecule has 0 aromatic heterocycles. The Balaban J connectivity index is 2.17. The molecule has 2 unspecified atom stereocenters. The van der Waals surface area contributed by atoms with Crippen molar-refractivity contribution in [2.75, 3.05) is 0 Å². The molecule has 8 heteroatoms. The second-order valence-corrected chi connectivity index (χ2v) is 6.05. The van der Waals surface area contributed by atoms with Crippen LogP contribution in [0.25, 0.3) is 0 Å². The Labute approximate surface area is 160 Å². The molecule has 0 radical (unpaired) electrons. The summed E-state index contributed by atoms with van der Waals surface area (Å²) in [6, 6.07) is 12.1. The predicted octanol–water partition coefficient (Wildman–Crippen LogP) is 1.66. The number of aliphatic hydroxyl groups excluding tert-OH is 1. The number of hydrogen-bond donors (Lipinski definition) is 2. The van der Waals surface area contributed by atoms with Gasteiger partial charge >= 0.3 is 23.9 Å². The van der Waals surface area contributed by atoms with E-state index in [0.29, 0.717) is 0 Å². The molecule has 0 spiro atoms. The number of aliphatic hydroxyl groups is 1. The quantitative estimate of drug-likeness (QED) is 0.567. The van der Waals surface area contributed by atoms with Crippen LogP contribution in [-0.2, 0) is 19.1 Å². The van der Waals surface area contributed by atoms with Crippen LogP contribution in [0, 0.1) is 13.8 Å². The van der Waals surface area contributed by atoms with Gasteiger partial charge in [0.05, 0.1) is 11.1 Å². The lowest BCUT2D eigenvalue weighted by Gasteiger charge is -2.18. The van der Waals surface area contributed by atoms with Crippen LogP contribution in [0.3, 0.4) is 0 Å². The van der Waals surface area contributed by atoms with E-state index >= 15 is 0 Å². The van der Waals surface area contributed by atoms with Gasteiger partial charge in [0, 0.05) is 0 Å². The highest BCUT2D eigenvalue weighted by atomic mass is 16.6. The van der Waals surface area contributed by atoms with Crippen molar-refractivity contribution in [3.05, 3.63) is 70.8 Å². The third kappa shape index (κ3) is 5.24. The van der Waals surface area contributed by atoms with Crippen molar-refractivity contribution in [1.29, 1.82) is 0 Å². The van der Waals surface area contributed by atoms with Gasteiger partial charge in [0.25, 0.3) is 0 Å². The van der Waals surface area contributed by atoms with E-state index in [1.807, 2.05) is 0 Å². The van der Waals surface area contributed by atoms with Crippen molar-refractivity contribution in [3.63, 3.8) is 0 Å². The molecule has 146 valence electrons. The van der Waals surface area contributed by atoms with Crippen molar-refractivity contribution in [1.82, 2.24) is 0 Å². The third-order valence-electron chi connectivity index (χ3n) is 3.77.